The van der Waals surface area contributed by atoms with E-state index in [1.165, 1.54) is 6.07 Å². The molecule has 2 unspecified atom stereocenters. The summed E-state index contributed by atoms with van der Waals surface area (Å²) in [6, 6.07) is 3.20. The summed E-state index contributed by atoms with van der Waals surface area (Å²) in [5, 5.41) is 20.1. The number of hydrogen-bond acceptors (Lipinski definition) is 3. The number of aryl methyl sites for hydroxylation is 1. The van der Waals surface area contributed by atoms with Gasteiger partial charge in [0.25, 0.3) is 0 Å². The Morgan fingerprint density at radius 2 is 1.95 bits per heavy atom. The van der Waals surface area contributed by atoms with E-state index >= 15 is 0 Å². The zero-order chi connectivity index (χ0) is 14.9. The minimum atomic E-state index is -0.733. The summed E-state index contributed by atoms with van der Waals surface area (Å²) in [7, 11) is 1.91. The van der Waals surface area contributed by atoms with Crippen molar-refractivity contribution in [1.82, 2.24) is 0 Å². The second kappa shape index (κ2) is 6.10. The normalized spacial score (nSPS) is 24.5. The van der Waals surface area contributed by atoms with Crippen LogP contribution in [0.25, 0.3) is 0 Å². The molecule has 0 saturated heterocycles. The molecule has 20 heavy (non-hydrogen) atoms. The van der Waals surface area contributed by atoms with Gasteiger partial charge in [-0.05, 0) is 44.4 Å². The summed E-state index contributed by atoms with van der Waals surface area (Å²) < 4.78 is 13.7. The number of halogens is 1. The number of rotatable bonds is 3. The molecule has 0 bridgehead atoms. The quantitative estimate of drug-likeness (QED) is 0.895. The van der Waals surface area contributed by atoms with Crippen LogP contribution in [0.1, 0.15) is 49.8 Å². The van der Waals surface area contributed by atoms with E-state index in [9.17, 15) is 14.6 Å². The second-order valence-corrected chi connectivity index (χ2v) is 5.87. The fourth-order valence-electron chi connectivity index (χ4n) is 3.04. The number of aliphatic hydroxyl groups excluding tert-OH is 2. The highest BCUT2D eigenvalue weighted by molar-refractivity contribution is 5.57. The minimum Gasteiger partial charge on any atom is -0.391 e. The molecule has 0 amide bonds. The minimum absolute atomic E-state index is 0.0334. The van der Waals surface area contributed by atoms with Crippen LogP contribution < -0.4 is 4.90 Å². The first-order valence-electron chi connectivity index (χ1n) is 7.30. The molecule has 1 aliphatic rings. The Morgan fingerprint density at radius 1 is 1.30 bits per heavy atom. The van der Waals surface area contributed by atoms with Crippen LogP contribution in [0, 0.1) is 12.7 Å². The van der Waals surface area contributed by atoms with Crippen LogP contribution in [0.5, 0.6) is 0 Å². The first-order valence-corrected chi connectivity index (χ1v) is 7.30. The van der Waals surface area contributed by atoms with Crippen molar-refractivity contribution < 1.29 is 14.6 Å². The SMILES string of the molecule is Cc1cc(N(C)C2CCCCC2O)c([C@@H](C)O)cc1F. The van der Waals surface area contributed by atoms with E-state index in [-0.39, 0.29) is 18.0 Å². The van der Waals surface area contributed by atoms with Gasteiger partial charge in [0.2, 0.25) is 0 Å². The van der Waals surface area contributed by atoms with E-state index in [4.69, 9.17) is 0 Å². The molecular weight excluding hydrogens is 257 g/mol. The Balaban J connectivity index is 2.37. The fourth-order valence-corrected chi connectivity index (χ4v) is 3.04. The summed E-state index contributed by atoms with van der Waals surface area (Å²) in [4.78, 5) is 2.00. The molecule has 1 aromatic rings. The lowest BCUT2D eigenvalue weighted by Gasteiger charge is -2.38. The van der Waals surface area contributed by atoms with Gasteiger partial charge in [-0.2, -0.15) is 0 Å². The lowest BCUT2D eigenvalue weighted by atomic mass is 9.90. The lowest BCUT2D eigenvalue weighted by molar-refractivity contribution is 0.106. The second-order valence-electron chi connectivity index (χ2n) is 5.87. The van der Waals surface area contributed by atoms with Crippen LogP contribution in [0.2, 0.25) is 0 Å². The van der Waals surface area contributed by atoms with Gasteiger partial charge in [-0.1, -0.05) is 12.8 Å². The van der Waals surface area contributed by atoms with E-state index in [1.807, 2.05) is 11.9 Å². The van der Waals surface area contributed by atoms with Gasteiger partial charge in [0.15, 0.2) is 0 Å². The monoisotopic (exact) mass is 281 g/mol. The van der Waals surface area contributed by atoms with Crippen LogP contribution in [0.4, 0.5) is 10.1 Å². The molecule has 0 aromatic heterocycles. The number of hydrogen-bond donors (Lipinski definition) is 2. The Kier molecular flexibility index (Phi) is 4.66. The molecule has 0 spiro atoms. The summed E-state index contributed by atoms with van der Waals surface area (Å²) in [6.07, 6.45) is 2.78. The van der Waals surface area contributed by atoms with Gasteiger partial charge in [0.05, 0.1) is 18.2 Å². The smallest absolute Gasteiger partial charge is 0.126 e. The van der Waals surface area contributed by atoms with Gasteiger partial charge in [-0.15, -0.1) is 0 Å². The molecule has 0 aliphatic heterocycles. The first kappa shape index (κ1) is 15.3. The fraction of sp³-hybridized carbons (Fsp3) is 0.625. The average molecular weight is 281 g/mol. The predicted molar refractivity (Wildman–Crippen MR) is 78.4 cm³/mol. The van der Waals surface area contributed by atoms with Gasteiger partial charge in [0, 0.05) is 18.3 Å². The summed E-state index contributed by atoms with van der Waals surface area (Å²) in [6.45, 7) is 3.36. The van der Waals surface area contributed by atoms with Crippen LogP contribution >= 0.6 is 0 Å². The molecule has 1 fully saturated rings. The van der Waals surface area contributed by atoms with E-state index in [0.717, 1.165) is 31.4 Å². The molecule has 1 aliphatic carbocycles. The number of anilines is 1. The topological polar surface area (TPSA) is 43.7 Å². The van der Waals surface area contributed by atoms with Crippen molar-refractivity contribution in [2.45, 2.75) is 57.8 Å². The summed E-state index contributed by atoms with van der Waals surface area (Å²) in [5.74, 6) is -0.303. The zero-order valence-electron chi connectivity index (χ0n) is 12.4. The largest absolute Gasteiger partial charge is 0.391 e. The van der Waals surface area contributed by atoms with Gasteiger partial charge in [-0.25, -0.2) is 4.39 Å². The molecular formula is C16H24FNO2. The number of benzene rings is 1. The first-order chi connectivity index (χ1) is 9.41. The Bertz CT molecular complexity index is 476. The van der Waals surface area contributed by atoms with Crippen molar-refractivity contribution in [3.8, 4) is 0 Å². The van der Waals surface area contributed by atoms with Crippen molar-refractivity contribution in [2.24, 2.45) is 0 Å². The number of aliphatic hydroxyl groups is 2. The van der Waals surface area contributed by atoms with Crippen molar-refractivity contribution in [3.05, 3.63) is 29.1 Å². The van der Waals surface area contributed by atoms with Gasteiger partial charge < -0.3 is 15.1 Å². The molecule has 112 valence electrons. The van der Waals surface area contributed by atoms with E-state index < -0.39 is 6.10 Å². The third kappa shape index (κ3) is 2.96. The van der Waals surface area contributed by atoms with Crippen molar-refractivity contribution >= 4 is 5.69 Å². The molecule has 2 rings (SSSR count). The predicted octanol–water partition coefficient (Wildman–Crippen LogP) is 2.93. The molecule has 3 atom stereocenters. The van der Waals surface area contributed by atoms with Crippen molar-refractivity contribution in [3.63, 3.8) is 0 Å². The van der Waals surface area contributed by atoms with Crippen molar-refractivity contribution in [2.75, 3.05) is 11.9 Å². The third-order valence-corrected chi connectivity index (χ3v) is 4.33. The number of nitrogens with zero attached hydrogens (tertiary/aromatic N) is 1. The van der Waals surface area contributed by atoms with Crippen LogP contribution in [-0.4, -0.2) is 29.4 Å². The van der Waals surface area contributed by atoms with Crippen molar-refractivity contribution in [1.29, 1.82) is 0 Å². The molecule has 1 saturated carbocycles. The van der Waals surface area contributed by atoms with Crippen LogP contribution in [0.15, 0.2) is 12.1 Å². The third-order valence-electron chi connectivity index (χ3n) is 4.33. The Labute approximate surface area is 120 Å². The highest BCUT2D eigenvalue weighted by atomic mass is 19.1. The molecule has 1 aromatic carbocycles. The van der Waals surface area contributed by atoms with Gasteiger partial charge in [0.1, 0.15) is 5.82 Å². The van der Waals surface area contributed by atoms with Gasteiger partial charge >= 0.3 is 0 Å². The molecule has 2 N–H and O–H groups in total. The maximum Gasteiger partial charge on any atom is 0.126 e. The number of likely N-dealkylation sites (N-methyl/N-ethyl adjacent to an activating group) is 1. The molecule has 0 radical (unpaired) electrons. The summed E-state index contributed by atoms with van der Waals surface area (Å²) in [5.41, 5.74) is 1.94. The van der Waals surface area contributed by atoms with E-state index in [0.29, 0.717) is 11.1 Å². The highest BCUT2D eigenvalue weighted by Gasteiger charge is 2.28. The zero-order valence-corrected chi connectivity index (χ0v) is 12.4. The van der Waals surface area contributed by atoms with Crippen LogP contribution in [-0.2, 0) is 0 Å². The van der Waals surface area contributed by atoms with Gasteiger partial charge in [-0.3, -0.25) is 0 Å². The van der Waals surface area contributed by atoms with E-state index in [1.54, 1.807) is 19.9 Å². The van der Waals surface area contributed by atoms with Crippen LogP contribution in [0.3, 0.4) is 0 Å². The van der Waals surface area contributed by atoms with E-state index in [2.05, 4.69) is 0 Å². The lowest BCUT2D eigenvalue weighted by Crippen LogP contribution is -2.44. The molecule has 4 heteroatoms. The Hall–Kier alpha value is -1.13. The standard InChI is InChI=1S/C16H24FNO2/c1-10-8-15(12(11(2)19)9-13(10)17)18(3)14-6-4-5-7-16(14)20/h8-9,11,14,16,19-20H,4-7H2,1-3H3/t11-,14?,16?/m1/s1. The summed E-state index contributed by atoms with van der Waals surface area (Å²) >= 11 is 0. The highest BCUT2D eigenvalue weighted by Crippen LogP contribution is 2.33. The molecule has 3 nitrogen and oxygen atoms in total. The maximum absolute atomic E-state index is 13.7. The maximum atomic E-state index is 13.7. The Morgan fingerprint density at radius 3 is 2.55 bits per heavy atom. The molecule has 0 heterocycles. The average Bonchev–Trinajstić information content (AvgIpc) is 2.41.